The quantitative estimate of drug-likeness (QED) is 0.799. The zero-order valence-electron chi connectivity index (χ0n) is 12.7. The molecule has 2 aliphatic rings. The largest absolute Gasteiger partial charge is 0.357 e. The van der Waals surface area contributed by atoms with Crippen molar-refractivity contribution in [3.8, 4) is 0 Å². The number of piperidine rings is 1. The number of likely N-dealkylation sites (N-methyl/N-ethyl adjacent to an activating group) is 1. The molecule has 0 aromatic carbocycles. The average molecular weight is 281 g/mol. The Hall–Kier alpha value is -1.10. The molecular weight excluding hydrogens is 254 g/mol. The van der Waals surface area contributed by atoms with E-state index in [-0.39, 0.29) is 17.9 Å². The molecule has 5 nitrogen and oxygen atoms in total. The summed E-state index contributed by atoms with van der Waals surface area (Å²) < 4.78 is 0. The van der Waals surface area contributed by atoms with Gasteiger partial charge in [0.2, 0.25) is 11.8 Å². The Morgan fingerprint density at radius 1 is 1.35 bits per heavy atom. The second kappa shape index (κ2) is 7.07. The van der Waals surface area contributed by atoms with Gasteiger partial charge in [0, 0.05) is 20.0 Å². The molecule has 3 unspecified atom stereocenters. The van der Waals surface area contributed by atoms with Gasteiger partial charge in [-0.3, -0.25) is 9.59 Å². The highest BCUT2D eigenvalue weighted by Gasteiger charge is 2.34. The normalized spacial score (nSPS) is 28.2. The van der Waals surface area contributed by atoms with E-state index in [4.69, 9.17) is 0 Å². The molecule has 20 heavy (non-hydrogen) atoms. The van der Waals surface area contributed by atoms with Crippen molar-refractivity contribution in [3.05, 3.63) is 0 Å². The van der Waals surface area contributed by atoms with Crippen LogP contribution in [0.4, 0.5) is 0 Å². The first-order valence-electron chi connectivity index (χ1n) is 7.85. The predicted octanol–water partition coefficient (Wildman–Crippen LogP) is 0.749. The number of carbonyl (C=O) groups excluding carboxylic acids is 2. The second-order valence-electron chi connectivity index (χ2n) is 6.15. The number of amides is 2. The molecule has 114 valence electrons. The fourth-order valence-electron chi connectivity index (χ4n) is 3.43. The average Bonchev–Trinajstić information content (AvgIpc) is 2.96. The van der Waals surface area contributed by atoms with Gasteiger partial charge in [-0.1, -0.05) is 6.92 Å². The van der Waals surface area contributed by atoms with E-state index in [2.05, 4.69) is 17.6 Å². The molecule has 2 saturated heterocycles. The van der Waals surface area contributed by atoms with Gasteiger partial charge >= 0.3 is 0 Å². The summed E-state index contributed by atoms with van der Waals surface area (Å²) in [6.07, 6.45) is 4.71. The summed E-state index contributed by atoms with van der Waals surface area (Å²) in [5, 5.41) is 6.07. The predicted molar refractivity (Wildman–Crippen MR) is 78.2 cm³/mol. The minimum absolute atomic E-state index is 0.0252. The van der Waals surface area contributed by atoms with Crippen molar-refractivity contribution in [2.75, 3.05) is 26.7 Å². The van der Waals surface area contributed by atoms with Crippen LogP contribution >= 0.6 is 0 Å². The van der Waals surface area contributed by atoms with Crippen LogP contribution in [0.1, 0.15) is 39.0 Å². The van der Waals surface area contributed by atoms with Crippen LogP contribution in [0.15, 0.2) is 0 Å². The lowest BCUT2D eigenvalue weighted by molar-refractivity contribution is -0.139. The summed E-state index contributed by atoms with van der Waals surface area (Å²) in [6.45, 7) is 5.02. The number of hydrogen-bond acceptors (Lipinski definition) is 3. The van der Waals surface area contributed by atoms with E-state index in [1.807, 2.05) is 0 Å². The van der Waals surface area contributed by atoms with E-state index >= 15 is 0 Å². The van der Waals surface area contributed by atoms with Crippen LogP contribution in [0.5, 0.6) is 0 Å². The van der Waals surface area contributed by atoms with Crippen LogP contribution in [0, 0.1) is 11.8 Å². The van der Waals surface area contributed by atoms with E-state index in [0.29, 0.717) is 18.3 Å². The van der Waals surface area contributed by atoms with Crippen LogP contribution in [-0.4, -0.2) is 49.4 Å². The van der Waals surface area contributed by atoms with Gasteiger partial charge in [0.1, 0.15) is 6.04 Å². The van der Waals surface area contributed by atoms with Gasteiger partial charge in [-0.05, 0) is 50.6 Å². The third-order valence-electron chi connectivity index (χ3n) is 4.76. The van der Waals surface area contributed by atoms with Crippen LogP contribution < -0.4 is 10.6 Å². The molecule has 2 N–H and O–H groups in total. The Bertz CT molecular complexity index is 353. The number of nitrogens with one attached hydrogen (secondary N) is 2. The van der Waals surface area contributed by atoms with Gasteiger partial charge in [0.05, 0.1) is 0 Å². The van der Waals surface area contributed by atoms with E-state index in [0.717, 1.165) is 32.5 Å². The summed E-state index contributed by atoms with van der Waals surface area (Å²) in [6, 6.07) is -0.246. The molecule has 0 aromatic heterocycles. The standard InChI is InChI=1S/C15H27N3O2/c1-11(12-5-3-7-17-10-12)9-14(19)18-8-4-6-13(18)15(20)16-2/h11-13,17H,3-10H2,1-2H3,(H,16,20). The maximum atomic E-state index is 12.5. The van der Waals surface area contributed by atoms with Gasteiger partial charge in [-0.15, -0.1) is 0 Å². The zero-order chi connectivity index (χ0) is 14.5. The van der Waals surface area contributed by atoms with E-state index in [9.17, 15) is 9.59 Å². The maximum Gasteiger partial charge on any atom is 0.242 e. The summed E-state index contributed by atoms with van der Waals surface area (Å²) in [5.41, 5.74) is 0. The molecular formula is C15H27N3O2. The van der Waals surface area contributed by atoms with Crippen LogP contribution in [0.2, 0.25) is 0 Å². The highest BCUT2D eigenvalue weighted by atomic mass is 16.2. The lowest BCUT2D eigenvalue weighted by Crippen LogP contribution is -2.45. The third-order valence-corrected chi connectivity index (χ3v) is 4.76. The Balaban J connectivity index is 1.88. The molecule has 0 spiro atoms. The molecule has 0 radical (unpaired) electrons. The highest BCUT2D eigenvalue weighted by Crippen LogP contribution is 2.25. The zero-order valence-corrected chi connectivity index (χ0v) is 12.7. The number of carbonyl (C=O) groups is 2. The van der Waals surface area contributed by atoms with Gasteiger partial charge in [0.25, 0.3) is 0 Å². The Morgan fingerprint density at radius 2 is 2.15 bits per heavy atom. The van der Waals surface area contributed by atoms with Crippen molar-refractivity contribution in [3.63, 3.8) is 0 Å². The Kier molecular flexibility index (Phi) is 5.40. The third kappa shape index (κ3) is 3.51. The van der Waals surface area contributed by atoms with E-state index in [1.54, 1.807) is 11.9 Å². The van der Waals surface area contributed by atoms with Crippen LogP contribution in [-0.2, 0) is 9.59 Å². The summed E-state index contributed by atoms with van der Waals surface area (Å²) in [5.74, 6) is 1.10. The molecule has 2 fully saturated rings. The number of hydrogen-bond donors (Lipinski definition) is 2. The number of nitrogens with zero attached hydrogens (tertiary/aromatic N) is 1. The molecule has 2 heterocycles. The highest BCUT2D eigenvalue weighted by molar-refractivity contribution is 5.88. The lowest BCUT2D eigenvalue weighted by atomic mass is 9.85. The Labute approximate surface area is 121 Å². The summed E-state index contributed by atoms with van der Waals surface area (Å²) in [4.78, 5) is 26.0. The monoisotopic (exact) mass is 281 g/mol. The molecule has 3 atom stereocenters. The van der Waals surface area contributed by atoms with E-state index in [1.165, 1.54) is 12.8 Å². The molecule has 2 rings (SSSR count). The van der Waals surface area contributed by atoms with Gasteiger partial charge in [-0.2, -0.15) is 0 Å². The molecule has 2 amide bonds. The van der Waals surface area contributed by atoms with E-state index < -0.39 is 0 Å². The summed E-state index contributed by atoms with van der Waals surface area (Å²) >= 11 is 0. The fourth-order valence-corrected chi connectivity index (χ4v) is 3.43. The number of rotatable bonds is 4. The topological polar surface area (TPSA) is 61.4 Å². The van der Waals surface area contributed by atoms with Crippen molar-refractivity contribution in [1.82, 2.24) is 15.5 Å². The fraction of sp³-hybridized carbons (Fsp3) is 0.867. The summed E-state index contributed by atoms with van der Waals surface area (Å²) in [7, 11) is 1.64. The maximum absolute atomic E-state index is 12.5. The van der Waals surface area contributed by atoms with Crippen molar-refractivity contribution >= 4 is 11.8 Å². The second-order valence-corrected chi connectivity index (χ2v) is 6.15. The number of likely N-dealkylation sites (tertiary alicyclic amines) is 1. The molecule has 0 bridgehead atoms. The van der Waals surface area contributed by atoms with Crippen molar-refractivity contribution in [2.24, 2.45) is 11.8 Å². The molecule has 2 aliphatic heterocycles. The lowest BCUT2D eigenvalue weighted by Gasteiger charge is -2.30. The van der Waals surface area contributed by atoms with Crippen LogP contribution in [0.3, 0.4) is 0 Å². The first kappa shape index (κ1) is 15.3. The SMILES string of the molecule is CNC(=O)C1CCCN1C(=O)CC(C)C1CCCNC1. The first-order chi connectivity index (χ1) is 9.63. The minimum Gasteiger partial charge on any atom is -0.357 e. The Morgan fingerprint density at radius 3 is 2.80 bits per heavy atom. The van der Waals surface area contributed by atoms with Gasteiger partial charge in [-0.25, -0.2) is 0 Å². The molecule has 0 saturated carbocycles. The van der Waals surface area contributed by atoms with Crippen molar-refractivity contribution < 1.29 is 9.59 Å². The van der Waals surface area contributed by atoms with Gasteiger partial charge < -0.3 is 15.5 Å². The smallest absolute Gasteiger partial charge is 0.242 e. The van der Waals surface area contributed by atoms with Crippen molar-refractivity contribution in [2.45, 2.75) is 45.1 Å². The molecule has 5 heteroatoms. The van der Waals surface area contributed by atoms with Gasteiger partial charge in [0.15, 0.2) is 0 Å². The molecule has 0 aromatic rings. The minimum atomic E-state index is -0.246. The van der Waals surface area contributed by atoms with Crippen molar-refractivity contribution in [1.29, 1.82) is 0 Å². The molecule has 0 aliphatic carbocycles. The first-order valence-corrected chi connectivity index (χ1v) is 7.85. The van der Waals surface area contributed by atoms with Crippen LogP contribution in [0.25, 0.3) is 0 Å².